The molecule has 2 atom stereocenters. The second-order valence-electron chi connectivity index (χ2n) is 2.04. The van der Waals surface area contributed by atoms with E-state index in [1.54, 1.807) is 0 Å². The molecule has 1 aliphatic rings. The highest BCUT2D eigenvalue weighted by Crippen LogP contribution is 2.10. The quantitative estimate of drug-likeness (QED) is 0.567. The third-order valence-corrected chi connectivity index (χ3v) is 1.75. The predicted octanol–water partition coefficient (Wildman–Crippen LogP) is -0.0775. The lowest BCUT2D eigenvalue weighted by atomic mass is 9.94. The van der Waals surface area contributed by atoms with Gasteiger partial charge in [-0.1, -0.05) is 5.92 Å². The predicted molar refractivity (Wildman–Crippen MR) is 39.1 cm³/mol. The minimum absolute atomic E-state index is 0.187. The minimum atomic E-state index is 0.187. The van der Waals surface area contributed by atoms with Crippen LogP contribution in [-0.2, 0) is 0 Å². The van der Waals surface area contributed by atoms with Gasteiger partial charge in [-0.3, -0.25) is 0 Å². The molecule has 0 saturated carbocycles. The lowest BCUT2D eigenvalue weighted by molar-refractivity contribution is 0.166. The average molecular weight is 190 g/mol. The van der Waals surface area contributed by atoms with E-state index in [4.69, 9.17) is 5.11 Å². The molecule has 1 saturated heterocycles. The maximum atomic E-state index is 8.64. The Morgan fingerprint density at radius 1 is 1.78 bits per heavy atom. The number of rotatable bonds is 1. The lowest BCUT2D eigenvalue weighted by Gasteiger charge is -2.32. The van der Waals surface area contributed by atoms with Crippen LogP contribution in [0.15, 0.2) is 0 Å². The van der Waals surface area contributed by atoms with E-state index in [0.717, 1.165) is 6.54 Å². The van der Waals surface area contributed by atoms with Crippen LogP contribution in [0.2, 0.25) is 0 Å². The van der Waals surface area contributed by atoms with Crippen molar-refractivity contribution < 1.29 is 5.11 Å². The number of aliphatic hydroxyl groups excluding tert-OH is 1. The van der Waals surface area contributed by atoms with Gasteiger partial charge in [-0.05, 0) is 4.83 Å². The summed E-state index contributed by atoms with van der Waals surface area (Å²) in [5.41, 5.74) is 0. The van der Waals surface area contributed by atoms with E-state index in [1.165, 1.54) is 0 Å². The van der Waals surface area contributed by atoms with E-state index < -0.39 is 0 Å². The van der Waals surface area contributed by atoms with Crippen LogP contribution in [0.1, 0.15) is 0 Å². The summed E-state index contributed by atoms with van der Waals surface area (Å²) < 4.78 is 0. The van der Waals surface area contributed by atoms with Gasteiger partial charge in [0.2, 0.25) is 0 Å². The fourth-order valence-electron chi connectivity index (χ4n) is 0.816. The number of halogens is 1. The van der Waals surface area contributed by atoms with Gasteiger partial charge in [-0.2, -0.15) is 0 Å². The van der Waals surface area contributed by atoms with E-state index >= 15 is 0 Å². The van der Waals surface area contributed by atoms with Crippen molar-refractivity contribution in [3.63, 3.8) is 0 Å². The van der Waals surface area contributed by atoms with Crippen molar-refractivity contribution in [2.75, 3.05) is 13.2 Å². The molecule has 1 heterocycles. The van der Waals surface area contributed by atoms with Crippen molar-refractivity contribution in [2.24, 2.45) is 5.92 Å². The van der Waals surface area contributed by atoms with Crippen molar-refractivity contribution in [2.45, 2.75) is 6.04 Å². The molecule has 0 radical (unpaired) electrons. The largest absolute Gasteiger partial charge is 0.395 e. The molecule has 0 aromatic heterocycles. The van der Waals surface area contributed by atoms with Crippen LogP contribution >= 0.6 is 15.9 Å². The third-order valence-electron chi connectivity index (χ3n) is 1.52. The minimum Gasteiger partial charge on any atom is -0.395 e. The normalized spacial score (nSPS) is 32.2. The molecular formula is C6H8BrNO. The molecule has 2 nitrogen and oxygen atoms in total. The van der Waals surface area contributed by atoms with Crippen molar-refractivity contribution in [1.82, 2.24) is 5.32 Å². The Kier molecular flexibility index (Phi) is 2.52. The highest BCUT2D eigenvalue weighted by atomic mass is 79.9. The highest BCUT2D eigenvalue weighted by Gasteiger charge is 2.27. The molecule has 0 aliphatic carbocycles. The Balaban J connectivity index is 2.33. The van der Waals surface area contributed by atoms with Gasteiger partial charge in [0.1, 0.15) is 0 Å². The first-order chi connectivity index (χ1) is 4.38. The summed E-state index contributed by atoms with van der Waals surface area (Å²) in [6, 6.07) is 0.204. The molecule has 50 valence electrons. The Morgan fingerprint density at radius 2 is 2.56 bits per heavy atom. The van der Waals surface area contributed by atoms with Crippen LogP contribution in [-0.4, -0.2) is 24.3 Å². The molecule has 1 rings (SSSR count). The summed E-state index contributed by atoms with van der Waals surface area (Å²) >= 11 is 3.01. The molecule has 2 N–H and O–H groups in total. The van der Waals surface area contributed by atoms with Crippen molar-refractivity contribution >= 4 is 15.9 Å². The first-order valence-corrected chi connectivity index (χ1v) is 3.63. The molecule has 1 aliphatic heterocycles. The van der Waals surface area contributed by atoms with Gasteiger partial charge in [0.05, 0.1) is 12.5 Å². The highest BCUT2D eigenvalue weighted by molar-refractivity contribution is 9.12. The van der Waals surface area contributed by atoms with Crippen LogP contribution in [0.3, 0.4) is 0 Å². The zero-order valence-corrected chi connectivity index (χ0v) is 6.48. The average Bonchev–Trinajstić information content (AvgIpc) is 1.82. The Hall–Kier alpha value is -0.0400. The Labute approximate surface area is 62.8 Å². The smallest absolute Gasteiger partial charge is 0.0597 e. The van der Waals surface area contributed by atoms with Crippen LogP contribution in [0.25, 0.3) is 0 Å². The van der Waals surface area contributed by atoms with Gasteiger partial charge in [0.25, 0.3) is 0 Å². The second kappa shape index (κ2) is 3.21. The molecule has 3 heteroatoms. The molecule has 0 amide bonds. The molecule has 0 spiro atoms. The fraction of sp³-hybridized carbons (Fsp3) is 0.667. The molecule has 9 heavy (non-hydrogen) atoms. The van der Waals surface area contributed by atoms with Crippen molar-refractivity contribution in [3.8, 4) is 10.8 Å². The van der Waals surface area contributed by atoms with Gasteiger partial charge in [-0.25, -0.2) is 0 Å². The molecular weight excluding hydrogens is 182 g/mol. The summed E-state index contributed by atoms with van der Waals surface area (Å²) in [6.45, 7) is 1.09. The van der Waals surface area contributed by atoms with Crippen molar-refractivity contribution in [1.29, 1.82) is 0 Å². The number of hydrogen-bond acceptors (Lipinski definition) is 2. The summed E-state index contributed by atoms with van der Waals surface area (Å²) in [4.78, 5) is 2.65. The summed E-state index contributed by atoms with van der Waals surface area (Å²) in [7, 11) is 0. The third kappa shape index (κ3) is 1.45. The lowest BCUT2D eigenvalue weighted by Crippen LogP contribution is -2.54. The number of aliphatic hydroxyl groups is 1. The van der Waals surface area contributed by atoms with E-state index in [2.05, 4.69) is 32.0 Å². The number of hydrogen-bond donors (Lipinski definition) is 2. The molecule has 0 aromatic rings. The Bertz CT molecular complexity index is 147. The van der Waals surface area contributed by atoms with Gasteiger partial charge in [-0.15, -0.1) is 0 Å². The van der Waals surface area contributed by atoms with E-state index in [0.29, 0.717) is 5.92 Å². The topological polar surface area (TPSA) is 32.3 Å². The zero-order valence-electron chi connectivity index (χ0n) is 4.89. The summed E-state index contributed by atoms with van der Waals surface area (Å²) in [5, 5.41) is 11.7. The van der Waals surface area contributed by atoms with E-state index in [1.807, 2.05) is 0 Å². The fourth-order valence-corrected chi connectivity index (χ4v) is 1.11. The zero-order chi connectivity index (χ0) is 6.69. The number of nitrogens with one attached hydrogen (secondary N) is 1. The maximum absolute atomic E-state index is 8.64. The van der Waals surface area contributed by atoms with Crippen LogP contribution < -0.4 is 5.32 Å². The standard InChI is InChI=1S/C6H8BrNO/c7-2-1-5-3-8-6(5)4-9/h5-6,8-9H,3-4H2/t5-,6+/m0/s1. The molecule has 0 unspecified atom stereocenters. The molecule has 0 bridgehead atoms. The van der Waals surface area contributed by atoms with Gasteiger partial charge in [0.15, 0.2) is 0 Å². The molecule has 0 aromatic carbocycles. The van der Waals surface area contributed by atoms with Crippen LogP contribution in [0, 0.1) is 16.7 Å². The second-order valence-corrected chi connectivity index (χ2v) is 2.44. The maximum Gasteiger partial charge on any atom is 0.0597 e. The van der Waals surface area contributed by atoms with Crippen molar-refractivity contribution in [3.05, 3.63) is 0 Å². The Morgan fingerprint density at radius 3 is 2.89 bits per heavy atom. The monoisotopic (exact) mass is 189 g/mol. The SMILES string of the molecule is OC[C@H]1NC[C@@H]1C#CBr. The van der Waals surface area contributed by atoms with Gasteiger partial charge in [0, 0.05) is 28.5 Å². The summed E-state index contributed by atoms with van der Waals surface area (Å²) in [6.07, 6.45) is 0. The van der Waals surface area contributed by atoms with E-state index in [-0.39, 0.29) is 12.6 Å². The summed E-state index contributed by atoms with van der Waals surface area (Å²) in [5.74, 6) is 3.27. The van der Waals surface area contributed by atoms with Crippen LogP contribution in [0.4, 0.5) is 0 Å². The van der Waals surface area contributed by atoms with Gasteiger partial charge < -0.3 is 10.4 Å². The molecule has 1 fully saturated rings. The first kappa shape index (κ1) is 7.07. The van der Waals surface area contributed by atoms with Gasteiger partial charge >= 0.3 is 0 Å². The van der Waals surface area contributed by atoms with E-state index in [9.17, 15) is 0 Å². The first-order valence-electron chi connectivity index (χ1n) is 2.84. The van der Waals surface area contributed by atoms with Crippen LogP contribution in [0.5, 0.6) is 0 Å².